The van der Waals surface area contributed by atoms with Gasteiger partial charge >= 0.3 is 6.09 Å². The molecular weight excluding hydrogens is 423 g/mol. The number of methoxy groups -OCH3 is 1. The first-order valence-electron chi connectivity index (χ1n) is 7.80. The smallest absolute Gasteiger partial charge is 0.407 e. The Morgan fingerprint density at radius 2 is 2.17 bits per heavy atom. The fourth-order valence-electron chi connectivity index (χ4n) is 2.28. The van der Waals surface area contributed by atoms with Crippen molar-refractivity contribution in [1.82, 2.24) is 20.2 Å². The average Bonchev–Trinajstić information content (AvgIpc) is 2.96. The summed E-state index contributed by atoms with van der Waals surface area (Å²) in [7, 11) is 1.27. The van der Waals surface area contributed by atoms with E-state index in [2.05, 4.69) is 42.6 Å². The van der Waals surface area contributed by atoms with Gasteiger partial charge in [0.25, 0.3) is 0 Å². The van der Waals surface area contributed by atoms with Crippen LogP contribution in [0, 0.1) is 3.70 Å². The van der Waals surface area contributed by atoms with Crippen molar-refractivity contribution in [2.24, 2.45) is 0 Å². The van der Waals surface area contributed by atoms with E-state index in [1.165, 1.54) is 7.11 Å². The van der Waals surface area contributed by atoms with Gasteiger partial charge in [-0.2, -0.15) is 0 Å². The second kappa shape index (κ2) is 9.65. The molecule has 0 saturated carbocycles. The number of hydrogen-bond acceptors (Lipinski definition) is 4. The Morgan fingerprint density at radius 3 is 2.62 bits per heavy atom. The van der Waals surface area contributed by atoms with Gasteiger partial charge in [-0.25, -0.2) is 9.78 Å². The highest BCUT2D eigenvalue weighted by Gasteiger charge is 2.29. The number of halogens is 1. The van der Waals surface area contributed by atoms with Gasteiger partial charge in [-0.05, 0) is 49.8 Å². The molecule has 0 saturated heterocycles. The number of carbonyl (C=O) groups is 2. The molecule has 0 aromatic carbocycles. The monoisotopic (exact) mass is 448 g/mol. The first kappa shape index (κ1) is 20.5. The molecule has 0 unspecified atom stereocenters. The molecule has 0 aliphatic heterocycles. The minimum absolute atomic E-state index is 0.192. The van der Waals surface area contributed by atoms with Crippen LogP contribution in [0.4, 0.5) is 4.79 Å². The number of alkyl carbamates (subject to hydrolysis) is 1. The SMILES string of the molecule is CCCN(C(=O)[C@H](C=C(C)C)NC(=O)OC)[C@@H](C)c1ncc(I)[nH]1. The Bertz CT molecular complexity index is 596. The summed E-state index contributed by atoms with van der Waals surface area (Å²) in [6, 6.07) is -1.00. The lowest BCUT2D eigenvalue weighted by atomic mass is 10.1. The third-order valence-electron chi connectivity index (χ3n) is 3.40. The highest BCUT2D eigenvalue weighted by Crippen LogP contribution is 2.20. The van der Waals surface area contributed by atoms with Gasteiger partial charge in [0.2, 0.25) is 5.91 Å². The minimum Gasteiger partial charge on any atom is -0.453 e. The fraction of sp³-hybridized carbons (Fsp3) is 0.562. The van der Waals surface area contributed by atoms with Gasteiger partial charge in [0.1, 0.15) is 11.9 Å². The van der Waals surface area contributed by atoms with Crippen LogP contribution in [0.5, 0.6) is 0 Å². The Balaban J connectivity index is 3.07. The van der Waals surface area contributed by atoms with Gasteiger partial charge in [-0.3, -0.25) is 4.79 Å². The van der Waals surface area contributed by atoms with Gasteiger partial charge in [0, 0.05) is 6.54 Å². The zero-order chi connectivity index (χ0) is 18.3. The average molecular weight is 448 g/mol. The van der Waals surface area contributed by atoms with Crippen molar-refractivity contribution in [2.75, 3.05) is 13.7 Å². The van der Waals surface area contributed by atoms with Crippen LogP contribution >= 0.6 is 22.6 Å². The summed E-state index contributed by atoms with van der Waals surface area (Å²) in [5.41, 5.74) is 0.932. The molecule has 1 rings (SSSR count). The molecule has 2 N–H and O–H groups in total. The predicted molar refractivity (Wildman–Crippen MR) is 100 cm³/mol. The van der Waals surface area contributed by atoms with Crippen LogP contribution in [0.3, 0.4) is 0 Å². The summed E-state index contributed by atoms with van der Waals surface area (Å²) in [6.45, 7) is 8.24. The fourth-order valence-corrected chi connectivity index (χ4v) is 2.70. The lowest BCUT2D eigenvalue weighted by Gasteiger charge is -2.30. The van der Waals surface area contributed by atoms with Crippen LogP contribution in [0.15, 0.2) is 17.8 Å². The van der Waals surface area contributed by atoms with Gasteiger partial charge in [0.05, 0.1) is 23.0 Å². The zero-order valence-corrected chi connectivity index (χ0v) is 16.9. The number of carbonyl (C=O) groups excluding carboxylic acids is 2. The number of ether oxygens (including phenoxy) is 1. The van der Waals surface area contributed by atoms with Gasteiger partial charge in [-0.15, -0.1) is 0 Å². The van der Waals surface area contributed by atoms with Crippen molar-refractivity contribution in [1.29, 1.82) is 0 Å². The molecule has 7 nitrogen and oxygen atoms in total. The second-order valence-electron chi connectivity index (χ2n) is 5.68. The van der Waals surface area contributed by atoms with E-state index in [0.29, 0.717) is 6.54 Å². The molecule has 0 aliphatic carbocycles. The Hall–Kier alpha value is -1.58. The summed E-state index contributed by atoms with van der Waals surface area (Å²) in [5, 5.41) is 2.59. The number of imidazole rings is 1. The zero-order valence-electron chi connectivity index (χ0n) is 14.7. The number of allylic oxidation sites excluding steroid dienone is 1. The Kier molecular flexibility index (Phi) is 8.23. The second-order valence-corrected chi connectivity index (χ2v) is 6.84. The number of aromatic amines is 1. The summed E-state index contributed by atoms with van der Waals surface area (Å²) in [4.78, 5) is 33.8. The van der Waals surface area contributed by atoms with E-state index >= 15 is 0 Å². The van der Waals surface area contributed by atoms with Gasteiger partial charge < -0.3 is 19.9 Å². The molecular formula is C16H25IN4O3. The van der Waals surface area contributed by atoms with E-state index in [9.17, 15) is 9.59 Å². The molecule has 1 heterocycles. The molecule has 1 aromatic heterocycles. The van der Waals surface area contributed by atoms with E-state index in [0.717, 1.165) is 21.5 Å². The standard InChI is InChI=1S/C16H25IN4O3/c1-6-7-21(11(4)14-18-9-13(17)20-14)15(22)12(8-10(2)3)19-16(23)24-5/h8-9,11-12H,6-7H2,1-5H3,(H,18,20)(H,19,23)/t11-,12-/m0/s1. The third kappa shape index (κ3) is 5.81. The molecule has 24 heavy (non-hydrogen) atoms. The Labute approximate surface area is 156 Å². The number of nitrogens with one attached hydrogen (secondary N) is 2. The molecule has 0 bridgehead atoms. The van der Waals surface area contributed by atoms with Crippen molar-refractivity contribution in [3.8, 4) is 0 Å². The maximum Gasteiger partial charge on any atom is 0.407 e. The first-order chi connectivity index (χ1) is 11.3. The van der Waals surface area contributed by atoms with Crippen molar-refractivity contribution in [2.45, 2.75) is 46.2 Å². The molecule has 0 spiro atoms. The van der Waals surface area contributed by atoms with E-state index in [1.807, 2.05) is 27.7 Å². The topological polar surface area (TPSA) is 87.3 Å². The normalized spacial score (nSPS) is 12.9. The van der Waals surface area contributed by atoms with E-state index in [4.69, 9.17) is 0 Å². The Morgan fingerprint density at radius 1 is 1.50 bits per heavy atom. The van der Waals surface area contributed by atoms with E-state index in [-0.39, 0.29) is 11.9 Å². The summed E-state index contributed by atoms with van der Waals surface area (Å²) in [5.74, 6) is 0.526. The molecule has 0 fully saturated rings. The summed E-state index contributed by atoms with van der Waals surface area (Å²) < 4.78 is 5.54. The molecule has 1 aromatic rings. The van der Waals surface area contributed by atoms with Crippen LogP contribution in [0.25, 0.3) is 0 Å². The molecule has 0 aliphatic rings. The first-order valence-corrected chi connectivity index (χ1v) is 8.88. The van der Waals surface area contributed by atoms with Crippen LogP contribution in [-0.2, 0) is 9.53 Å². The third-order valence-corrected chi connectivity index (χ3v) is 3.95. The summed E-state index contributed by atoms with van der Waals surface area (Å²) >= 11 is 2.14. The largest absolute Gasteiger partial charge is 0.453 e. The quantitative estimate of drug-likeness (QED) is 0.496. The number of rotatable bonds is 7. The van der Waals surface area contributed by atoms with E-state index in [1.54, 1.807) is 17.2 Å². The maximum atomic E-state index is 13.0. The number of hydrogen-bond donors (Lipinski definition) is 2. The van der Waals surface area contributed by atoms with Crippen molar-refractivity contribution in [3.63, 3.8) is 0 Å². The van der Waals surface area contributed by atoms with Crippen LogP contribution in [0.1, 0.15) is 46.0 Å². The van der Waals surface area contributed by atoms with Crippen LogP contribution in [0.2, 0.25) is 0 Å². The number of amides is 2. The molecule has 2 atom stereocenters. The van der Waals surface area contributed by atoms with Gasteiger partial charge in [-0.1, -0.05) is 18.6 Å². The molecule has 134 valence electrons. The van der Waals surface area contributed by atoms with E-state index < -0.39 is 12.1 Å². The lowest BCUT2D eigenvalue weighted by molar-refractivity contribution is -0.134. The van der Waals surface area contributed by atoms with Crippen molar-refractivity contribution in [3.05, 3.63) is 27.4 Å². The highest BCUT2D eigenvalue weighted by atomic mass is 127. The van der Waals surface area contributed by atoms with Crippen LogP contribution in [-0.4, -0.2) is 46.6 Å². The van der Waals surface area contributed by atoms with Gasteiger partial charge in [0.15, 0.2) is 0 Å². The lowest BCUT2D eigenvalue weighted by Crippen LogP contribution is -2.48. The van der Waals surface area contributed by atoms with Crippen LogP contribution < -0.4 is 5.32 Å². The highest BCUT2D eigenvalue weighted by molar-refractivity contribution is 14.1. The maximum absolute atomic E-state index is 13.0. The minimum atomic E-state index is -0.773. The number of aromatic nitrogens is 2. The number of nitrogens with zero attached hydrogens (tertiary/aromatic N) is 2. The van der Waals surface area contributed by atoms with Crippen molar-refractivity contribution < 1.29 is 14.3 Å². The van der Waals surface area contributed by atoms with Crippen molar-refractivity contribution >= 4 is 34.6 Å². The predicted octanol–water partition coefficient (Wildman–Crippen LogP) is 3.00. The molecule has 2 amide bonds. The molecule has 8 heteroatoms. The molecule has 0 radical (unpaired) electrons. The number of H-pyrrole nitrogens is 1. The summed E-state index contributed by atoms with van der Waals surface area (Å²) in [6.07, 6.45) is 3.61.